The highest BCUT2D eigenvalue weighted by Crippen LogP contribution is 2.27. The van der Waals surface area contributed by atoms with Crippen LogP contribution in [-0.2, 0) is 4.79 Å². The smallest absolute Gasteiger partial charge is 0.225 e. The van der Waals surface area contributed by atoms with E-state index in [1.54, 1.807) is 6.07 Å². The number of nitrogens with one attached hydrogen (secondary N) is 1. The number of likely N-dealkylation sites (tertiary alicyclic amines) is 2. The van der Waals surface area contributed by atoms with Crippen LogP contribution in [0.25, 0.3) is 0 Å². The summed E-state index contributed by atoms with van der Waals surface area (Å²) < 4.78 is 0. The average molecular weight is 512 g/mol. The normalized spacial score (nSPS) is 21.4. The van der Waals surface area contributed by atoms with Crippen molar-refractivity contribution < 1.29 is 4.79 Å². The first-order valence-corrected chi connectivity index (χ1v) is 12.6. The number of nitrogens with zero attached hydrogens (tertiary/aromatic N) is 2. The second kappa shape index (κ2) is 12.3. The summed E-state index contributed by atoms with van der Waals surface area (Å²) in [6, 6.07) is 5.64. The number of halogens is 3. The van der Waals surface area contributed by atoms with Crippen molar-refractivity contribution in [1.29, 1.82) is 0 Å². The molecule has 3 N–H and O–H groups in total. The molecule has 8 heteroatoms. The van der Waals surface area contributed by atoms with E-state index in [9.17, 15) is 4.79 Å². The van der Waals surface area contributed by atoms with Crippen LogP contribution < -0.4 is 11.1 Å². The summed E-state index contributed by atoms with van der Waals surface area (Å²) >= 11 is 18.7. The quantitative estimate of drug-likeness (QED) is 0.476. The standard InChI is InChI=1S/C25H33Cl3N4O/c1-3-22(31-11-8-18(9-12-31)25(33)32-13-10-21(29)16-32)6-4-20(27)15-30-17(2)23-7-5-19(26)14-24(23)28/h3-7,14,17-18,21,30H,1,8-13,15-16,29H2,2H3/b20-4+,22-6+. The zero-order valence-electron chi connectivity index (χ0n) is 19.1. The number of allylic oxidation sites excluding steroid dienone is 3. The number of hydrogen-bond acceptors (Lipinski definition) is 4. The van der Waals surface area contributed by atoms with Gasteiger partial charge in [-0.25, -0.2) is 0 Å². The fourth-order valence-electron chi connectivity index (χ4n) is 4.38. The van der Waals surface area contributed by atoms with Gasteiger partial charge in [0, 0.05) is 71.5 Å². The maximum Gasteiger partial charge on any atom is 0.225 e. The summed E-state index contributed by atoms with van der Waals surface area (Å²) in [5.74, 6) is 0.345. The third-order valence-corrected chi connectivity index (χ3v) is 7.22. The van der Waals surface area contributed by atoms with Crippen LogP contribution in [0.3, 0.4) is 0 Å². The van der Waals surface area contributed by atoms with Crippen LogP contribution in [0.1, 0.15) is 37.8 Å². The lowest BCUT2D eigenvalue weighted by molar-refractivity contribution is -0.135. The SMILES string of the molecule is C=C/C(=C\C=C(\Cl)CNC(C)c1ccc(Cl)cc1Cl)N1CCC(C(=O)N2CCC(N)C2)CC1. The molecule has 2 aliphatic rings. The largest absolute Gasteiger partial charge is 0.372 e. The van der Waals surface area contributed by atoms with Crippen molar-refractivity contribution in [3.8, 4) is 0 Å². The Balaban J connectivity index is 1.50. The minimum Gasteiger partial charge on any atom is -0.372 e. The lowest BCUT2D eigenvalue weighted by atomic mass is 9.95. The lowest BCUT2D eigenvalue weighted by Crippen LogP contribution is -2.42. The predicted octanol–water partition coefficient (Wildman–Crippen LogP) is 5.11. The van der Waals surface area contributed by atoms with Crippen LogP contribution in [0, 0.1) is 5.92 Å². The van der Waals surface area contributed by atoms with Gasteiger partial charge in [0.15, 0.2) is 0 Å². The van der Waals surface area contributed by atoms with E-state index in [2.05, 4.69) is 16.8 Å². The van der Waals surface area contributed by atoms with Crippen molar-refractivity contribution >= 4 is 40.7 Å². The molecule has 2 atom stereocenters. The van der Waals surface area contributed by atoms with Crippen LogP contribution >= 0.6 is 34.8 Å². The molecule has 180 valence electrons. The van der Waals surface area contributed by atoms with Crippen molar-refractivity contribution in [2.24, 2.45) is 11.7 Å². The molecule has 33 heavy (non-hydrogen) atoms. The molecule has 0 aliphatic carbocycles. The van der Waals surface area contributed by atoms with Gasteiger partial charge in [-0.1, -0.05) is 47.4 Å². The van der Waals surface area contributed by atoms with Crippen molar-refractivity contribution in [3.05, 3.63) is 69.3 Å². The van der Waals surface area contributed by atoms with Crippen molar-refractivity contribution in [2.45, 2.75) is 38.3 Å². The molecule has 1 amide bonds. The maximum atomic E-state index is 12.7. The van der Waals surface area contributed by atoms with E-state index in [4.69, 9.17) is 40.5 Å². The van der Waals surface area contributed by atoms with Gasteiger partial charge < -0.3 is 20.9 Å². The van der Waals surface area contributed by atoms with Crippen molar-refractivity contribution in [2.75, 3.05) is 32.7 Å². The molecule has 3 rings (SSSR count). The second-order valence-corrected chi connectivity index (χ2v) is 10.1. The summed E-state index contributed by atoms with van der Waals surface area (Å²) in [7, 11) is 0. The van der Waals surface area contributed by atoms with Crippen molar-refractivity contribution in [1.82, 2.24) is 15.1 Å². The van der Waals surface area contributed by atoms with Gasteiger partial charge in [0.1, 0.15) is 0 Å². The van der Waals surface area contributed by atoms with E-state index < -0.39 is 0 Å². The van der Waals surface area contributed by atoms with Gasteiger partial charge in [0.25, 0.3) is 0 Å². The Morgan fingerprint density at radius 2 is 1.91 bits per heavy atom. The Labute approximate surface area is 212 Å². The van der Waals surface area contributed by atoms with Crippen LogP contribution in [0.4, 0.5) is 0 Å². The summed E-state index contributed by atoms with van der Waals surface area (Å²) in [5.41, 5.74) is 7.94. The van der Waals surface area contributed by atoms with Gasteiger partial charge >= 0.3 is 0 Å². The van der Waals surface area contributed by atoms with Gasteiger partial charge in [-0.3, -0.25) is 4.79 Å². The topological polar surface area (TPSA) is 61.6 Å². The molecule has 2 heterocycles. The molecule has 1 aromatic rings. The lowest BCUT2D eigenvalue weighted by Gasteiger charge is -2.35. The average Bonchev–Trinajstić information content (AvgIpc) is 3.24. The fraction of sp³-hybridized carbons (Fsp3) is 0.480. The number of amides is 1. The number of hydrogen-bond donors (Lipinski definition) is 2. The fourth-order valence-corrected chi connectivity index (χ4v) is 5.09. The molecule has 0 bridgehead atoms. The van der Waals surface area contributed by atoms with Crippen molar-refractivity contribution in [3.63, 3.8) is 0 Å². The number of benzene rings is 1. The first-order chi connectivity index (χ1) is 15.8. The summed E-state index contributed by atoms with van der Waals surface area (Å²) in [6.45, 7) is 9.63. The molecular formula is C25H33Cl3N4O. The van der Waals surface area contributed by atoms with E-state index in [1.165, 1.54) is 0 Å². The summed E-state index contributed by atoms with van der Waals surface area (Å²) in [4.78, 5) is 16.9. The number of piperidine rings is 1. The molecule has 0 spiro atoms. The van der Waals surface area contributed by atoms with Crippen LogP contribution in [0.15, 0.2) is 53.7 Å². The zero-order chi connectivity index (χ0) is 24.0. The summed E-state index contributed by atoms with van der Waals surface area (Å²) in [5, 5.41) is 5.31. The molecule has 1 aromatic carbocycles. The molecule has 0 radical (unpaired) electrons. The Morgan fingerprint density at radius 1 is 1.21 bits per heavy atom. The minimum atomic E-state index is 0.0292. The third kappa shape index (κ3) is 7.24. The van der Waals surface area contributed by atoms with Crippen LogP contribution in [-0.4, -0.2) is 54.5 Å². The monoisotopic (exact) mass is 510 g/mol. The highest BCUT2D eigenvalue weighted by Gasteiger charge is 2.31. The summed E-state index contributed by atoms with van der Waals surface area (Å²) in [6.07, 6.45) is 8.30. The van der Waals surface area contributed by atoms with E-state index in [0.717, 1.165) is 50.2 Å². The predicted molar refractivity (Wildman–Crippen MR) is 139 cm³/mol. The highest BCUT2D eigenvalue weighted by molar-refractivity contribution is 6.35. The molecule has 2 saturated heterocycles. The third-order valence-electron chi connectivity index (χ3n) is 6.40. The number of rotatable bonds is 8. The van der Waals surface area contributed by atoms with Gasteiger partial charge in [-0.2, -0.15) is 0 Å². The van der Waals surface area contributed by atoms with Crippen LogP contribution in [0.5, 0.6) is 0 Å². The number of carbonyl (C=O) groups is 1. The molecular weight excluding hydrogens is 479 g/mol. The molecule has 2 aliphatic heterocycles. The van der Waals surface area contributed by atoms with Gasteiger partial charge in [-0.05, 0) is 62.1 Å². The maximum absolute atomic E-state index is 12.7. The zero-order valence-corrected chi connectivity index (χ0v) is 21.3. The second-order valence-electron chi connectivity index (χ2n) is 8.77. The first-order valence-electron chi connectivity index (χ1n) is 11.4. The molecule has 2 unspecified atom stereocenters. The van der Waals surface area contributed by atoms with E-state index >= 15 is 0 Å². The van der Waals surface area contributed by atoms with E-state index in [0.29, 0.717) is 28.2 Å². The molecule has 0 saturated carbocycles. The Bertz CT molecular complexity index is 909. The van der Waals surface area contributed by atoms with E-state index in [1.807, 2.05) is 42.2 Å². The minimum absolute atomic E-state index is 0.0292. The Kier molecular flexibility index (Phi) is 9.71. The van der Waals surface area contributed by atoms with E-state index in [-0.39, 0.29) is 23.9 Å². The highest BCUT2D eigenvalue weighted by atomic mass is 35.5. The number of nitrogens with two attached hydrogens (primary N) is 1. The Hall–Kier alpha value is -1.50. The van der Waals surface area contributed by atoms with Gasteiger partial charge in [0.05, 0.1) is 0 Å². The number of carbonyl (C=O) groups excluding carboxylic acids is 1. The molecule has 5 nitrogen and oxygen atoms in total. The molecule has 2 fully saturated rings. The molecule has 0 aromatic heterocycles. The van der Waals surface area contributed by atoms with Gasteiger partial charge in [0.2, 0.25) is 5.91 Å². The Morgan fingerprint density at radius 3 is 2.52 bits per heavy atom. The van der Waals surface area contributed by atoms with Crippen LogP contribution in [0.2, 0.25) is 10.0 Å². The first kappa shape index (κ1) is 26.1. The van der Waals surface area contributed by atoms with Gasteiger partial charge in [-0.15, -0.1) is 0 Å².